The Morgan fingerprint density at radius 3 is 2.38 bits per heavy atom. The summed E-state index contributed by atoms with van der Waals surface area (Å²) in [5.74, 6) is 0.834. The van der Waals surface area contributed by atoms with Crippen LogP contribution in [0.15, 0.2) is 79.1 Å². The summed E-state index contributed by atoms with van der Waals surface area (Å²) in [5.41, 5.74) is 4.85. The maximum atomic E-state index is 5.86. The maximum absolute atomic E-state index is 5.86. The second-order valence-corrected chi connectivity index (χ2v) is 7.59. The lowest BCUT2D eigenvalue weighted by Gasteiger charge is -2.28. The van der Waals surface area contributed by atoms with E-state index in [4.69, 9.17) is 17.3 Å². The zero-order valence-corrected chi connectivity index (χ0v) is 16.8. The van der Waals surface area contributed by atoms with Crippen molar-refractivity contribution in [2.45, 2.75) is 19.6 Å². The molecule has 3 heterocycles. The van der Waals surface area contributed by atoms with Crippen LogP contribution in [0.4, 0.5) is 0 Å². The van der Waals surface area contributed by atoms with E-state index in [1.807, 2.05) is 39.6 Å². The first-order chi connectivity index (χ1) is 14.3. The maximum Gasteiger partial charge on any atom is 0.204 e. The molecule has 0 unspecified atom stereocenters. The molecule has 5 nitrogen and oxygen atoms in total. The quantitative estimate of drug-likeness (QED) is 0.474. The van der Waals surface area contributed by atoms with E-state index in [1.165, 1.54) is 11.1 Å². The van der Waals surface area contributed by atoms with E-state index in [9.17, 15) is 0 Å². The minimum Gasteiger partial charge on any atom is -0.280 e. The van der Waals surface area contributed by atoms with Crippen molar-refractivity contribution in [2.75, 3.05) is 6.54 Å². The number of benzene rings is 2. The molecule has 4 aromatic rings. The smallest absolute Gasteiger partial charge is 0.204 e. The summed E-state index contributed by atoms with van der Waals surface area (Å²) >= 11 is 5.86. The summed E-state index contributed by atoms with van der Waals surface area (Å²) in [7, 11) is 0. The first kappa shape index (κ1) is 18.0. The molecule has 6 heteroatoms. The van der Waals surface area contributed by atoms with Gasteiger partial charge in [-0.2, -0.15) is 0 Å². The largest absolute Gasteiger partial charge is 0.280 e. The van der Waals surface area contributed by atoms with Gasteiger partial charge in [0.05, 0.1) is 6.67 Å². The van der Waals surface area contributed by atoms with Crippen LogP contribution in [0, 0.1) is 4.77 Å². The van der Waals surface area contributed by atoms with Gasteiger partial charge in [0.1, 0.15) is 0 Å². The highest BCUT2D eigenvalue weighted by Crippen LogP contribution is 2.23. The molecule has 144 valence electrons. The van der Waals surface area contributed by atoms with Gasteiger partial charge in [-0.25, -0.2) is 4.68 Å². The number of hydrogen-bond acceptors (Lipinski definition) is 4. The average molecular weight is 400 g/mol. The van der Waals surface area contributed by atoms with Gasteiger partial charge in [-0.3, -0.25) is 14.5 Å². The third kappa shape index (κ3) is 3.52. The van der Waals surface area contributed by atoms with Gasteiger partial charge in [0, 0.05) is 36.7 Å². The fraction of sp³-hybridized carbons (Fsp3) is 0.174. The summed E-state index contributed by atoms with van der Waals surface area (Å²) in [6.07, 6.45) is 4.63. The summed E-state index contributed by atoms with van der Waals surface area (Å²) < 4.78 is 4.68. The Morgan fingerprint density at radius 2 is 1.59 bits per heavy atom. The van der Waals surface area contributed by atoms with Gasteiger partial charge in [-0.15, -0.1) is 5.10 Å². The van der Waals surface area contributed by atoms with E-state index in [1.54, 1.807) is 12.4 Å². The molecule has 1 aliphatic heterocycles. The van der Waals surface area contributed by atoms with Gasteiger partial charge in [0.15, 0.2) is 5.82 Å². The third-order valence-electron chi connectivity index (χ3n) is 5.34. The van der Waals surface area contributed by atoms with Crippen molar-refractivity contribution >= 4 is 12.2 Å². The zero-order valence-electron chi connectivity index (χ0n) is 16.0. The van der Waals surface area contributed by atoms with Crippen LogP contribution in [0.25, 0.3) is 17.1 Å². The molecular weight excluding hydrogens is 378 g/mol. The van der Waals surface area contributed by atoms with Crippen molar-refractivity contribution in [2.24, 2.45) is 0 Å². The first-order valence-electron chi connectivity index (χ1n) is 9.74. The van der Waals surface area contributed by atoms with Crippen LogP contribution in [0.2, 0.25) is 0 Å². The fourth-order valence-corrected chi connectivity index (χ4v) is 4.15. The van der Waals surface area contributed by atoms with E-state index in [0.717, 1.165) is 36.6 Å². The van der Waals surface area contributed by atoms with E-state index >= 15 is 0 Å². The highest BCUT2D eigenvalue weighted by molar-refractivity contribution is 7.71. The Balaban J connectivity index is 1.53. The molecule has 1 aliphatic rings. The van der Waals surface area contributed by atoms with Crippen molar-refractivity contribution in [3.63, 3.8) is 0 Å². The molecular formula is C23H21N5S. The number of fused-ring (bicyclic) bond motifs is 1. The lowest BCUT2D eigenvalue weighted by molar-refractivity contribution is 0.188. The standard InChI is InChI=1S/C23H21N5S/c29-23-27(17-26-15-12-18-6-4-5-7-20(18)16-26)25-22(19-10-13-24-14-11-19)28(23)21-8-2-1-3-9-21/h1-11,13-14H,12,15-17H2. The zero-order chi connectivity index (χ0) is 19.6. The second kappa shape index (κ2) is 7.73. The summed E-state index contributed by atoms with van der Waals surface area (Å²) in [6.45, 7) is 2.59. The van der Waals surface area contributed by atoms with Gasteiger partial charge in [0.2, 0.25) is 4.77 Å². The minimum atomic E-state index is 0.672. The number of pyridine rings is 1. The molecule has 0 atom stereocenters. The Bertz CT molecular complexity index is 1180. The van der Waals surface area contributed by atoms with Gasteiger partial charge in [-0.05, 0) is 54.0 Å². The number of rotatable bonds is 4. The molecule has 2 aromatic heterocycles. The van der Waals surface area contributed by atoms with Crippen molar-refractivity contribution in [1.82, 2.24) is 24.2 Å². The van der Waals surface area contributed by atoms with Crippen molar-refractivity contribution < 1.29 is 0 Å². The second-order valence-electron chi connectivity index (χ2n) is 7.23. The average Bonchev–Trinajstić information content (AvgIpc) is 3.11. The molecule has 0 amide bonds. The number of aromatic nitrogens is 4. The monoisotopic (exact) mass is 399 g/mol. The first-order valence-corrected chi connectivity index (χ1v) is 10.2. The Labute approximate surface area is 174 Å². The van der Waals surface area contributed by atoms with Crippen molar-refractivity contribution in [3.05, 3.63) is 95.0 Å². The van der Waals surface area contributed by atoms with Gasteiger partial charge < -0.3 is 0 Å². The molecule has 0 spiro atoms. The van der Waals surface area contributed by atoms with Crippen LogP contribution >= 0.6 is 12.2 Å². The topological polar surface area (TPSA) is 38.9 Å². The van der Waals surface area contributed by atoms with E-state index < -0.39 is 0 Å². The molecule has 5 rings (SSSR count). The Morgan fingerprint density at radius 1 is 0.862 bits per heavy atom. The van der Waals surface area contributed by atoms with Crippen LogP contribution in [0.3, 0.4) is 0 Å². The highest BCUT2D eigenvalue weighted by atomic mass is 32.1. The van der Waals surface area contributed by atoms with Crippen molar-refractivity contribution in [3.8, 4) is 17.1 Å². The van der Waals surface area contributed by atoms with E-state index in [2.05, 4.69) is 46.3 Å². The van der Waals surface area contributed by atoms with Crippen LogP contribution < -0.4 is 0 Å². The van der Waals surface area contributed by atoms with Gasteiger partial charge in [0.25, 0.3) is 0 Å². The molecule has 0 radical (unpaired) electrons. The SMILES string of the molecule is S=c1n(CN2CCc3ccccc3C2)nc(-c2ccncc2)n1-c1ccccc1. The van der Waals surface area contributed by atoms with Crippen LogP contribution in [0.5, 0.6) is 0 Å². The lowest BCUT2D eigenvalue weighted by atomic mass is 10.0. The molecule has 0 saturated carbocycles. The van der Waals surface area contributed by atoms with Gasteiger partial charge in [-0.1, -0.05) is 42.5 Å². The van der Waals surface area contributed by atoms with Gasteiger partial charge >= 0.3 is 0 Å². The number of hydrogen-bond donors (Lipinski definition) is 0. The molecule has 0 saturated heterocycles. The number of para-hydroxylation sites is 1. The normalized spacial score (nSPS) is 13.9. The van der Waals surface area contributed by atoms with Crippen molar-refractivity contribution in [1.29, 1.82) is 0 Å². The highest BCUT2D eigenvalue weighted by Gasteiger charge is 2.19. The van der Waals surface area contributed by atoms with Crippen LogP contribution in [0.1, 0.15) is 11.1 Å². The minimum absolute atomic E-state index is 0.672. The molecule has 0 N–H and O–H groups in total. The van der Waals surface area contributed by atoms with E-state index in [-0.39, 0.29) is 0 Å². The Kier molecular flexibility index (Phi) is 4.79. The summed E-state index contributed by atoms with van der Waals surface area (Å²) in [6, 6.07) is 22.8. The Hall–Kier alpha value is -3.09. The fourth-order valence-electron chi connectivity index (χ4n) is 3.86. The number of nitrogens with zero attached hydrogens (tertiary/aromatic N) is 5. The van der Waals surface area contributed by atoms with Crippen LogP contribution in [-0.4, -0.2) is 30.8 Å². The van der Waals surface area contributed by atoms with Crippen LogP contribution in [-0.2, 0) is 19.6 Å². The predicted octanol–water partition coefficient (Wildman–Crippen LogP) is 4.48. The molecule has 2 aromatic carbocycles. The molecule has 0 bridgehead atoms. The molecule has 0 fully saturated rings. The third-order valence-corrected chi connectivity index (χ3v) is 5.73. The molecule has 0 aliphatic carbocycles. The summed E-state index contributed by atoms with van der Waals surface area (Å²) in [4.78, 5) is 6.54. The predicted molar refractivity (Wildman–Crippen MR) is 116 cm³/mol. The van der Waals surface area contributed by atoms with E-state index in [0.29, 0.717) is 11.4 Å². The lowest BCUT2D eigenvalue weighted by Crippen LogP contribution is -2.32. The molecule has 29 heavy (non-hydrogen) atoms. The summed E-state index contributed by atoms with van der Waals surface area (Å²) in [5, 5.41) is 4.91.